The predicted molar refractivity (Wildman–Crippen MR) is 68.2 cm³/mol. The van der Waals surface area contributed by atoms with Crippen molar-refractivity contribution in [1.82, 2.24) is 0 Å². The zero-order valence-electron chi connectivity index (χ0n) is 10.7. The van der Waals surface area contributed by atoms with Gasteiger partial charge in [-0.2, -0.15) is 0 Å². The van der Waals surface area contributed by atoms with Crippen LogP contribution in [0.1, 0.15) is 39.3 Å². The molecule has 0 aliphatic heterocycles. The molecule has 0 saturated carbocycles. The van der Waals surface area contributed by atoms with Crippen LogP contribution in [0.3, 0.4) is 0 Å². The van der Waals surface area contributed by atoms with Crippen molar-refractivity contribution >= 4 is 0 Å². The second-order valence-corrected chi connectivity index (χ2v) is 5.18. The van der Waals surface area contributed by atoms with Crippen molar-refractivity contribution in [2.75, 3.05) is 6.61 Å². The van der Waals surface area contributed by atoms with Crippen molar-refractivity contribution in [3.05, 3.63) is 35.9 Å². The Morgan fingerprint density at radius 3 is 2.19 bits per heavy atom. The van der Waals surface area contributed by atoms with E-state index in [1.54, 1.807) is 0 Å². The van der Waals surface area contributed by atoms with Gasteiger partial charge in [-0.25, -0.2) is 0 Å². The Morgan fingerprint density at radius 2 is 1.75 bits per heavy atom. The first-order chi connectivity index (χ1) is 7.46. The molecule has 0 amide bonds. The molecule has 0 fully saturated rings. The zero-order chi connectivity index (χ0) is 12.2. The van der Waals surface area contributed by atoms with E-state index in [0.29, 0.717) is 6.61 Å². The van der Waals surface area contributed by atoms with Crippen molar-refractivity contribution in [2.45, 2.75) is 39.8 Å². The lowest BCUT2D eigenvalue weighted by Crippen LogP contribution is -2.39. The molecule has 0 aliphatic carbocycles. The molecule has 0 aliphatic rings. The molecule has 0 radical (unpaired) electrons. The van der Waals surface area contributed by atoms with Crippen molar-refractivity contribution < 1.29 is 4.74 Å². The van der Waals surface area contributed by atoms with Crippen LogP contribution in [0.4, 0.5) is 0 Å². The molecule has 90 valence electrons. The van der Waals surface area contributed by atoms with E-state index >= 15 is 0 Å². The van der Waals surface area contributed by atoms with Gasteiger partial charge in [0.2, 0.25) is 0 Å². The molecule has 0 saturated heterocycles. The van der Waals surface area contributed by atoms with E-state index < -0.39 is 0 Å². The van der Waals surface area contributed by atoms with Crippen molar-refractivity contribution in [2.24, 2.45) is 11.1 Å². The van der Waals surface area contributed by atoms with Crippen LogP contribution < -0.4 is 5.73 Å². The average Bonchev–Trinajstić information content (AvgIpc) is 2.25. The lowest BCUT2D eigenvalue weighted by atomic mass is 9.82. The van der Waals surface area contributed by atoms with Crippen LogP contribution in [-0.2, 0) is 4.74 Å². The van der Waals surface area contributed by atoms with E-state index in [9.17, 15) is 0 Å². The summed E-state index contributed by atoms with van der Waals surface area (Å²) in [7, 11) is 0. The lowest BCUT2D eigenvalue weighted by molar-refractivity contribution is -0.0283. The van der Waals surface area contributed by atoms with Gasteiger partial charge in [0.05, 0.1) is 12.1 Å². The third kappa shape index (κ3) is 3.32. The molecule has 2 nitrogen and oxygen atoms in total. The summed E-state index contributed by atoms with van der Waals surface area (Å²) in [5, 5.41) is 0. The number of hydrogen-bond acceptors (Lipinski definition) is 2. The molecule has 0 heterocycles. The third-order valence-corrected chi connectivity index (χ3v) is 2.71. The Balaban J connectivity index is 2.87. The van der Waals surface area contributed by atoms with Gasteiger partial charge >= 0.3 is 0 Å². The summed E-state index contributed by atoms with van der Waals surface area (Å²) in [6, 6.07) is 10.1. The molecular formula is C14H23NO. The quantitative estimate of drug-likeness (QED) is 0.847. The molecule has 2 unspecified atom stereocenters. The Labute approximate surface area is 98.8 Å². The highest BCUT2D eigenvalue weighted by molar-refractivity contribution is 5.20. The second-order valence-electron chi connectivity index (χ2n) is 5.18. The minimum atomic E-state index is -0.0684. The lowest BCUT2D eigenvalue weighted by Gasteiger charge is -2.35. The van der Waals surface area contributed by atoms with Gasteiger partial charge in [-0.05, 0) is 17.9 Å². The maximum atomic E-state index is 6.29. The molecule has 1 rings (SSSR count). The molecule has 2 heteroatoms. The number of benzene rings is 1. The van der Waals surface area contributed by atoms with Gasteiger partial charge in [-0.1, -0.05) is 51.1 Å². The summed E-state index contributed by atoms with van der Waals surface area (Å²) in [5.74, 6) is 0. The zero-order valence-corrected chi connectivity index (χ0v) is 10.7. The van der Waals surface area contributed by atoms with Gasteiger partial charge in [-0.3, -0.25) is 0 Å². The van der Waals surface area contributed by atoms with Crippen LogP contribution >= 0.6 is 0 Å². The number of hydrogen-bond donors (Lipinski definition) is 1. The standard InChI is InChI=1S/C14H23NO/c1-5-16-13(14(2,3)4)12(15)11-9-7-6-8-10-11/h6-10,12-13H,5,15H2,1-4H3. The minimum Gasteiger partial charge on any atom is -0.376 e. The van der Waals surface area contributed by atoms with Gasteiger partial charge in [0.1, 0.15) is 0 Å². The number of ether oxygens (including phenoxy) is 1. The minimum absolute atomic E-state index is 0.0416. The Bertz CT molecular complexity index is 302. The van der Waals surface area contributed by atoms with Gasteiger partial charge in [0, 0.05) is 6.61 Å². The number of nitrogens with two attached hydrogens (primary N) is 1. The van der Waals surface area contributed by atoms with Crippen LogP contribution in [0, 0.1) is 5.41 Å². The molecule has 0 aromatic heterocycles. The molecule has 0 bridgehead atoms. The van der Waals surface area contributed by atoms with E-state index in [2.05, 4.69) is 32.9 Å². The molecule has 16 heavy (non-hydrogen) atoms. The van der Waals surface area contributed by atoms with E-state index in [1.165, 1.54) is 0 Å². The second kappa shape index (κ2) is 5.46. The monoisotopic (exact) mass is 221 g/mol. The van der Waals surface area contributed by atoms with Crippen LogP contribution in [0.15, 0.2) is 30.3 Å². The Hall–Kier alpha value is -0.860. The van der Waals surface area contributed by atoms with E-state index in [4.69, 9.17) is 10.5 Å². The van der Waals surface area contributed by atoms with Crippen LogP contribution in [-0.4, -0.2) is 12.7 Å². The first-order valence-electron chi connectivity index (χ1n) is 5.89. The summed E-state index contributed by atoms with van der Waals surface area (Å²) in [6.07, 6.45) is 0.0416. The van der Waals surface area contributed by atoms with E-state index in [0.717, 1.165) is 5.56 Å². The summed E-state index contributed by atoms with van der Waals surface area (Å²) in [6.45, 7) is 9.20. The molecule has 1 aromatic carbocycles. The normalized spacial score (nSPS) is 15.8. The topological polar surface area (TPSA) is 35.2 Å². The largest absolute Gasteiger partial charge is 0.376 e. The molecule has 2 N–H and O–H groups in total. The fourth-order valence-electron chi connectivity index (χ4n) is 1.92. The van der Waals surface area contributed by atoms with Crippen molar-refractivity contribution in [3.8, 4) is 0 Å². The summed E-state index contributed by atoms with van der Waals surface area (Å²) >= 11 is 0. The molecule has 2 atom stereocenters. The third-order valence-electron chi connectivity index (χ3n) is 2.71. The molecule has 0 spiro atoms. The first-order valence-corrected chi connectivity index (χ1v) is 5.89. The van der Waals surface area contributed by atoms with E-state index in [-0.39, 0.29) is 17.6 Å². The average molecular weight is 221 g/mol. The number of rotatable bonds is 4. The van der Waals surface area contributed by atoms with Gasteiger partial charge in [0.25, 0.3) is 0 Å². The maximum absolute atomic E-state index is 6.29. The van der Waals surface area contributed by atoms with Crippen LogP contribution in [0.5, 0.6) is 0 Å². The predicted octanol–water partition coefficient (Wildman–Crippen LogP) is 3.14. The SMILES string of the molecule is CCOC(C(N)c1ccccc1)C(C)(C)C. The highest BCUT2D eigenvalue weighted by atomic mass is 16.5. The maximum Gasteiger partial charge on any atom is 0.0815 e. The highest BCUT2D eigenvalue weighted by Crippen LogP contribution is 2.31. The van der Waals surface area contributed by atoms with Crippen LogP contribution in [0.2, 0.25) is 0 Å². The highest BCUT2D eigenvalue weighted by Gasteiger charge is 2.31. The summed E-state index contributed by atoms with van der Waals surface area (Å²) in [5.41, 5.74) is 7.47. The van der Waals surface area contributed by atoms with Crippen LogP contribution in [0.25, 0.3) is 0 Å². The Kier molecular flexibility index (Phi) is 4.51. The first kappa shape index (κ1) is 13.2. The van der Waals surface area contributed by atoms with Gasteiger partial charge in [-0.15, -0.1) is 0 Å². The molecular weight excluding hydrogens is 198 g/mol. The van der Waals surface area contributed by atoms with Crippen molar-refractivity contribution in [3.63, 3.8) is 0 Å². The fourth-order valence-corrected chi connectivity index (χ4v) is 1.92. The fraction of sp³-hybridized carbons (Fsp3) is 0.571. The van der Waals surface area contributed by atoms with Gasteiger partial charge in [0.15, 0.2) is 0 Å². The van der Waals surface area contributed by atoms with Crippen molar-refractivity contribution in [1.29, 1.82) is 0 Å². The van der Waals surface area contributed by atoms with Gasteiger partial charge < -0.3 is 10.5 Å². The summed E-state index contributed by atoms with van der Waals surface area (Å²) in [4.78, 5) is 0. The van der Waals surface area contributed by atoms with E-state index in [1.807, 2.05) is 25.1 Å². The smallest absolute Gasteiger partial charge is 0.0815 e. The molecule has 1 aromatic rings. The Morgan fingerprint density at radius 1 is 1.19 bits per heavy atom. The summed E-state index contributed by atoms with van der Waals surface area (Å²) < 4.78 is 5.80.